The number of halogens is 1. The van der Waals surface area contributed by atoms with Crippen LogP contribution in [0.1, 0.15) is 28.8 Å². The molecule has 1 rings (SSSR count). The maximum absolute atomic E-state index is 12.1. The topological polar surface area (TPSA) is 101 Å². The Kier molecular flexibility index (Phi) is 8.31. The zero-order valence-corrected chi connectivity index (χ0v) is 13.8. The molecule has 0 radical (unpaired) electrons. The largest absolute Gasteiger partial charge is 0.352 e. The van der Waals surface area contributed by atoms with Gasteiger partial charge in [-0.05, 0) is 38.4 Å². The summed E-state index contributed by atoms with van der Waals surface area (Å²) in [5.41, 5.74) is 6.87. The lowest BCUT2D eigenvalue weighted by molar-refractivity contribution is 0.0954. The number of sulfonamides is 1. The summed E-state index contributed by atoms with van der Waals surface area (Å²) in [5.74, 6) is -0.295. The van der Waals surface area contributed by atoms with Crippen molar-refractivity contribution in [3.8, 4) is 0 Å². The first kappa shape index (κ1) is 19.7. The minimum atomic E-state index is -3.42. The fourth-order valence-corrected chi connectivity index (χ4v) is 2.28. The Labute approximate surface area is 132 Å². The van der Waals surface area contributed by atoms with Gasteiger partial charge in [0.2, 0.25) is 10.0 Å². The van der Waals surface area contributed by atoms with Gasteiger partial charge >= 0.3 is 0 Å². The van der Waals surface area contributed by atoms with E-state index in [0.717, 1.165) is 24.7 Å². The van der Waals surface area contributed by atoms with Gasteiger partial charge in [0, 0.05) is 6.54 Å². The Morgan fingerprint density at radius 3 is 2.52 bits per heavy atom. The minimum absolute atomic E-state index is 0. The summed E-state index contributed by atoms with van der Waals surface area (Å²) in [5, 5.41) is 2.76. The number of carbonyl (C=O) groups excluding carboxylic acids is 1. The van der Waals surface area contributed by atoms with Gasteiger partial charge in [0.15, 0.2) is 0 Å². The molecule has 4 N–H and O–H groups in total. The average Bonchev–Trinajstić information content (AvgIpc) is 2.35. The molecule has 0 aromatic heterocycles. The number of unbranched alkanes of at least 4 members (excludes halogenated alkanes) is 1. The fraction of sp³-hybridized carbons (Fsp3) is 0.462. The number of carbonyl (C=O) groups is 1. The number of nitrogens with one attached hydrogen (secondary N) is 2. The summed E-state index contributed by atoms with van der Waals surface area (Å²) < 4.78 is 25.0. The van der Waals surface area contributed by atoms with Crippen LogP contribution in [0.3, 0.4) is 0 Å². The van der Waals surface area contributed by atoms with Crippen molar-refractivity contribution in [1.29, 1.82) is 0 Å². The second kappa shape index (κ2) is 8.86. The molecule has 1 aromatic rings. The number of aryl methyl sites for hydroxylation is 1. The van der Waals surface area contributed by atoms with E-state index in [1.807, 2.05) is 6.92 Å². The van der Waals surface area contributed by atoms with Crippen LogP contribution in [0.15, 0.2) is 18.2 Å². The molecule has 0 atom stereocenters. The first-order valence-electron chi connectivity index (χ1n) is 6.40. The molecule has 21 heavy (non-hydrogen) atoms. The molecule has 1 aromatic carbocycles. The molecule has 0 aliphatic carbocycles. The van der Waals surface area contributed by atoms with Crippen LogP contribution in [0.5, 0.6) is 0 Å². The first-order valence-corrected chi connectivity index (χ1v) is 8.29. The SMILES string of the molecule is Cc1ccc(NS(C)(=O)=O)c(C(=O)NCCCCN)c1.Cl. The van der Waals surface area contributed by atoms with E-state index in [2.05, 4.69) is 10.0 Å². The summed E-state index contributed by atoms with van der Waals surface area (Å²) in [4.78, 5) is 12.1. The normalized spacial score (nSPS) is 10.6. The van der Waals surface area contributed by atoms with Gasteiger partial charge in [-0.3, -0.25) is 9.52 Å². The lowest BCUT2D eigenvalue weighted by atomic mass is 10.1. The number of amides is 1. The number of hydrogen-bond acceptors (Lipinski definition) is 4. The van der Waals surface area contributed by atoms with Crippen molar-refractivity contribution in [1.82, 2.24) is 5.32 Å². The zero-order chi connectivity index (χ0) is 15.2. The number of rotatable bonds is 7. The Morgan fingerprint density at radius 1 is 1.29 bits per heavy atom. The van der Waals surface area contributed by atoms with Crippen LogP contribution in [0.25, 0.3) is 0 Å². The van der Waals surface area contributed by atoms with Gasteiger partial charge in [0.1, 0.15) is 0 Å². The third-order valence-corrected chi connectivity index (χ3v) is 3.22. The summed E-state index contributed by atoms with van der Waals surface area (Å²) >= 11 is 0. The maximum Gasteiger partial charge on any atom is 0.253 e. The molecule has 0 heterocycles. The monoisotopic (exact) mass is 335 g/mol. The van der Waals surface area contributed by atoms with Crippen molar-refractivity contribution >= 4 is 34.0 Å². The van der Waals surface area contributed by atoms with Crippen LogP contribution < -0.4 is 15.8 Å². The van der Waals surface area contributed by atoms with Crippen LogP contribution in [0.4, 0.5) is 5.69 Å². The van der Waals surface area contributed by atoms with Gasteiger partial charge in [-0.15, -0.1) is 12.4 Å². The van der Waals surface area contributed by atoms with E-state index in [1.165, 1.54) is 0 Å². The van der Waals surface area contributed by atoms with Crippen molar-refractivity contribution in [2.24, 2.45) is 5.73 Å². The second-order valence-corrected chi connectivity index (χ2v) is 6.42. The highest BCUT2D eigenvalue weighted by molar-refractivity contribution is 7.92. The van der Waals surface area contributed by atoms with Gasteiger partial charge in [0.05, 0.1) is 17.5 Å². The van der Waals surface area contributed by atoms with Crippen LogP contribution in [0.2, 0.25) is 0 Å². The van der Waals surface area contributed by atoms with E-state index in [4.69, 9.17) is 5.73 Å². The molecule has 1 amide bonds. The fourth-order valence-electron chi connectivity index (χ4n) is 1.70. The molecule has 0 spiro atoms. The second-order valence-electron chi connectivity index (χ2n) is 4.67. The van der Waals surface area contributed by atoms with Crippen molar-refractivity contribution in [3.63, 3.8) is 0 Å². The molecule has 0 saturated heterocycles. The highest BCUT2D eigenvalue weighted by atomic mass is 35.5. The maximum atomic E-state index is 12.1. The Morgan fingerprint density at radius 2 is 1.95 bits per heavy atom. The Hall–Kier alpha value is -1.31. The van der Waals surface area contributed by atoms with E-state index in [0.29, 0.717) is 18.7 Å². The number of nitrogens with two attached hydrogens (primary N) is 1. The lowest BCUT2D eigenvalue weighted by Crippen LogP contribution is -2.26. The summed E-state index contributed by atoms with van der Waals surface area (Å²) in [6.07, 6.45) is 2.68. The highest BCUT2D eigenvalue weighted by Crippen LogP contribution is 2.18. The molecule has 0 aliphatic heterocycles. The molecule has 0 aliphatic rings. The summed E-state index contributed by atoms with van der Waals surface area (Å²) in [6.45, 7) is 2.94. The average molecular weight is 336 g/mol. The number of hydrogen-bond donors (Lipinski definition) is 3. The highest BCUT2D eigenvalue weighted by Gasteiger charge is 2.14. The molecule has 6 nitrogen and oxygen atoms in total. The molecule has 8 heteroatoms. The van der Waals surface area contributed by atoms with Gasteiger partial charge in [-0.1, -0.05) is 11.6 Å². The molecule has 0 fully saturated rings. The predicted molar refractivity (Wildman–Crippen MR) is 87.5 cm³/mol. The molecule has 120 valence electrons. The van der Waals surface area contributed by atoms with Gasteiger partial charge in [-0.25, -0.2) is 8.42 Å². The summed E-state index contributed by atoms with van der Waals surface area (Å²) in [6, 6.07) is 5.00. The minimum Gasteiger partial charge on any atom is -0.352 e. The number of benzene rings is 1. The third kappa shape index (κ3) is 7.31. The smallest absolute Gasteiger partial charge is 0.253 e. The molecule has 0 saturated carbocycles. The zero-order valence-electron chi connectivity index (χ0n) is 12.2. The Balaban J connectivity index is 0.00000400. The molecular formula is C13H22ClN3O3S. The summed E-state index contributed by atoms with van der Waals surface area (Å²) in [7, 11) is -3.42. The van der Waals surface area contributed by atoms with Crippen LogP contribution in [0, 0.1) is 6.92 Å². The van der Waals surface area contributed by atoms with Crippen molar-refractivity contribution in [2.75, 3.05) is 24.1 Å². The van der Waals surface area contributed by atoms with E-state index in [1.54, 1.807) is 18.2 Å². The lowest BCUT2D eigenvalue weighted by Gasteiger charge is -2.12. The molecule has 0 bridgehead atoms. The van der Waals surface area contributed by atoms with Crippen LogP contribution in [-0.4, -0.2) is 33.7 Å². The first-order chi connectivity index (χ1) is 9.33. The van der Waals surface area contributed by atoms with E-state index < -0.39 is 10.0 Å². The van der Waals surface area contributed by atoms with Crippen molar-refractivity contribution in [2.45, 2.75) is 19.8 Å². The van der Waals surface area contributed by atoms with E-state index >= 15 is 0 Å². The van der Waals surface area contributed by atoms with Crippen LogP contribution in [-0.2, 0) is 10.0 Å². The Bertz CT molecular complexity index is 576. The van der Waals surface area contributed by atoms with Gasteiger partial charge < -0.3 is 11.1 Å². The van der Waals surface area contributed by atoms with E-state index in [-0.39, 0.29) is 24.0 Å². The van der Waals surface area contributed by atoms with Gasteiger partial charge in [0.25, 0.3) is 5.91 Å². The van der Waals surface area contributed by atoms with E-state index in [9.17, 15) is 13.2 Å². The molecular weight excluding hydrogens is 314 g/mol. The van der Waals surface area contributed by atoms with Crippen molar-refractivity contribution in [3.05, 3.63) is 29.3 Å². The predicted octanol–water partition coefficient (Wildman–Crippen LogP) is 1.26. The third-order valence-electron chi connectivity index (χ3n) is 2.63. The number of anilines is 1. The van der Waals surface area contributed by atoms with Gasteiger partial charge in [-0.2, -0.15) is 0 Å². The quantitative estimate of drug-likeness (QED) is 0.653. The van der Waals surface area contributed by atoms with Crippen molar-refractivity contribution < 1.29 is 13.2 Å². The standard InChI is InChI=1S/C13H21N3O3S.ClH/c1-10-5-6-12(16-20(2,18)19)11(9-10)13(17)15-8-4-3-7-14;/h5-6,9,16H,3-4,7-8,14H2,1-2H3,(H,15,17);1H. The molecule has 0 unspecified atom stereocenters. The van der Waals surface area contributed by atoms with Crippen LogP contribution >= 0.6 is 12.4 Å².